The smallest absolute Gasteiger partial charge is 0.142 e. The average molecular weight is 264 g/mol. The summed E-state index contributed by atoms with van der Waals surface area (Å²) >= 11 is 0. The van der Waals surface area contributed by atoms with E-state index >= 15 is 0 Å². The van der Waals surface area contributed by atoms with Crippen LogP contribution in [0.1, 0.15) is 39.5 Å². The molecule has 0 saturated carbocycles. The highest BCUT2D eigenvalue weighted by atomic mass is 16.5. The van der Waals surface area contributed by atoms with Crippen molar-refractivity contribution in [3.63, 3.8) is 0 Å². The number of para-hydroxylation sites is 2. The third-order valence-electron chi connectivity index (χ3n) is 2.97. The molecule has 0 heterocycles. The summed E-state index contributed by atoms with van der Waals surface area (Å²) in [7, 11) is 0. The monoisotopic (exact) mass is 264 g/mol. The van der Waals surface area contributed by atoms with Gasteiger partial charge in [-0.3, -0.25) is 0 Å². The molecule has 0 unspecified atom stereocenters. The number of rotatable bonds is 11. The minimum absolute atomic E-state index is 0.796. The van der Waals surface area contributed by atoms with Gasteiger partial charge in [0, 0.05) is 13.1 Å². The Morgan fingerprint density at radius 3 is 2.53 bits per heavy atom. The number of hydrogen-bond acceptors (Lipinski definition) is 3. The summed E-state index contributed by atoms with van der Waals surface area (Å²) in [6.45, 7) is 8.21. The number of nitrogens with one attached hydrogen (secondary N) is 2. The number of unbranched alkanes of at least 4 members (excludes halogenated alkanes) is 2. The van der Waals surface area contributed by atoms with Gasteiger partial charge in [0.2, 0.25) is 0 Å². The minimum atomic E-state index is 0.796. The fraction of sp³-hybridized carbons (Fsp3) is 0.625. The second kappa shape index (κ2) is 10.7. The first kappa shape index (κ1) is 15.8. The van der Waals surface area contributed by atoms with E-state index in [9.17, 15) is 0 Å². The molecule has 0 aliphatic heterocycles. The molecule has 0 aliphatic carbocycles. The molecule has 0 aliphatic rings. The van der Waals surface area contributed by atoms with Gasteiger partial charge in [-0.1, -0.05) is 38.8 Å². The Morgan fingerprint density at radius 1 is 0.947 bits per heavy atom. The molecule has 0 amide bonds. The summed E-state index contributed by atoms with van der Waals surface area (Å²) in [5.41, 5.74) is 1.09. The van der Waals surface area contributed by atoms with E-state index in [1.165, 1.54) is 12.8 Å². The van der Waals surface area contributed by atoms with Gasteiger partial charge in [-0.2, -0.15) is 0 Å². The molecule has 108 valence electrons. The molecule has 1 rings (SSSR count). The molecule has 19 heavy (non-hydrogen) atoms. The number of hydrogen-bond donors (Lipinski definition) is 2. The predicted molar refractivity (Wildman–Crippen MR) is 83.1 cm³/mol. The Balaban J connectivity index is 2.27. The van der Waals surface area contributed by atoms with Gasteiger partial charge in [0.1, 0.15) is 5.75 Å². The molecule has 0 saturated heterocycles. The van der Waals surface area contributed by atoms with Crippen LogP contribution >= 0.6 is 0 Å². The van der Waals surface area contributed by atoms with Crippen molar-refractivity contribution >= 4 is 5.69 Å². The maximum atomic E-state index is 5.79. The molecule has 0 aromatic heterocycles. The molecule has 1 aromatic carbocycles. The Hall–Kier alpha value is -1.22. The first-order chi connectivity index (χ1) is 9.38. The van der Waals surface area contributed by atoms with E-state index in [1.54, 1.807) is 0 Å². The van der Waals surface area contributed by atoms with E-state index in [-0.39, 0.29) is 0 Å². The fourth-order valence-electron chi connectivity index (χ4n) is 1.78. The third-order valence-corrected chi connectivity index (χ3v) is 2.97. The molecule has 0 atom stereocenters. The van der Waals surface area contributed by atoms with E-state index in [2.05, 4.69) is 30.5 Å². The first-order valence-electron chi connectivity index (χ1n) is 7.55. The normalized spacial score (nSPS) is 10.4. The highest BCUT2D eigenvalue weighted by Crippen LogP contribution is 2.23. The van der Waals surface area contributed by atoms with Crippen LogP contribution in [0.5, 0.6) is 5.75 Å². The molecular formula is C16H28N2O. The zero-order valence-corrected chi connectivity index (χ0v) is 12.4. The molecule has 2 N–H and O–H groups in total. The largest absolute Gasteiger partial charge is 0.491 e. The quantitative estimate of drug-likeness (QED) is 0.598. The average Bonchev–Trinajstić information content (AvgIpc) is 2.44. The van der Waals surface area contributed by atoms with E-state index in [0.29, 0.717) is 0 Å². The van der Waals surface area contributed by atoms with Crippen LogP contribution in [0.4, 0.5) is 5.69 Å². The van der Waals surface area contributed by atoms with Gasteiger partial charge >= 0.3 is 0 Å². The van der Waals surface area contributed by atoms with Gasteiger partial charge in [0.25, 0.3) is 0 Å². The lowest BCUT2D eigenvalue weighted by molar-refractivity contribution is 0.310. The van der Waals surface area contributed by atoms with Crippen molar-refractivity contribution in [1.29, 1.82) is 0 Å². The molecule has 0 bridgehead atoms. The van der Waals surface area contributed by atoms with Crippen molar-refractivity contribution in [2.45, 2.75) is 39.5 Å². The van der Waals surface area contributed by atoms with Crippen molar-refractivity contribution in [3.05, 3.63) is 24.3 Å². The van der Waals surface area contributed by atoms with Gasteiger partial charge in [0.15, 0.2) is 0 Å². The maximum Gasteiger partial charge on any atom is 0.142 e. The lowest BCUT2D eigenvalue weighted by Crippen LogP contribution is -2.23. The molecule has 0 fully saturated rings. The van der Waals surface area contributed by atoms with E-state index in [0.717, 1.165) is 50.5 Å². The topological polar surface area (TPSA) is 33.3 Å². The van der Waals surface area contributed by atoms with Crippen LogP contribution in [0.15, 0.2) is 24.3 Å². The maximum absolute atomic E-state index is 5.79. The lowest BCUT2D eigenvalue weighted by atomic mass is 10.3. The molecule has 0 radical (unpaired) electrons. The summed E-state index contributed by atoms with van der Waals surface area (Å²) in [5.74, 6) is 0.963. The van der Waals surface area contributed by atoms with Crippen LogP contribution in [0.25, 0.3) is 0 Å². The van der Waals surface area contributed by atoms with Crippen molar-refractivity contribution in [2.75, 3.05) is 31.6 Å². The fourth-order valence-corrected chi connectivity index (χ4v) is 1.78. The van der Waals surface area contributed by atoms with Gasteiger partial charge in [0.05, 0.1) is 12.3 Å². The first-order valence-corrected chi connectivity index (χ1v) is 7.55. The van der Waals surface area contributed by atoms with Gasteiger partial charge in [-0.05, 0) is 31.5 Å². The van der Waals surface area contributed by atoms with Gasteiger partial charge < -0.3 is 15.4 Å². The second-order valence-corrected chi connectivity index (χ2v) is 4.73. The van der Waals surface area contributed by atoms with Gasteiger partial charge in [-0.25, -0.2) is 0 Å². The summed E-state index contributed by atoms with van der Waals surface area (Å²) in [6, 6.07) is 8.17. The van der Waals surface area contributed by atoms with Crippen molar-refractivity contribution in [2.24, 2.45) is 0 Å². The summed E-state index contributed by atoms with van der Waals surface area (Å²) in [4.78, 5) is 0. The van der Waals surface area contributed by atoms with Crippen molar-refractivity contribution in [3.8, 4) is 5.75 Å². The lowest BCUT2D eigenvalue weighted by Gasteiger charge is -2.13. The Kier molecular flexibility index (Phi) is 8.90. The van der Waals surface area contributed by atoms with E-state index in [1.807, 2.05) is 18.2 Å². The Morgan fingerprint density at radius 2 is 1.74 bits per heavy atom. The summed E-state index contributed by atoms with van der Waals surface area (Å²) < 4.78 is 5.79. The molecule has 0 spiro atoms. The number of ether oxygens (including phenoxy) is 1. The van der Waals surface area contributed by atoms with E-state index < -0.39 is 0 Å². The molecule has 1 aromatic rings. The molecular weight excluding hydrogens is 236 g/mol. The Bertz CT molecular complexity index is 328. The predicted octanol–water partition coefficient (Wildman–Crippen LogP) is 3.67. The zero-order chi connectivity index (χ0) is 13.8. The van der Waals surface area contributed by atoms with Crippen LogP contribution in [0.2, 0.25) is 0 Å². The van der Waals surface area contributed by atoms with Crippen LogP contribution in [0.3, 0.4) is 0 Å². The molecule has 3 heteroatoms. The number of anilines is 1. The number of benzene rings is 1. The van der Waals surface area contributed by atoms with E-state index in [4.69, 9.17) is 4.74 Å². The summed E-state index contributed by atoms with van der Waals surface area (Å²) in [5, 5.41) is 6.85. The zero-order valence-electron chi connectivity index (χ0n) is 12.4. The van der Waals surface area contributed by atoms with Crippen LogP contribution in [0, 0.1) is 0 Å². The standard InChI is InChI=1S/C16H28N2O/c1-3-5-11-17-12-13-18-15-9-7-8-10-16(15)19-14-6-4-2/h7-10,17-18H,3-6,11-14H2,1-2H3. The van der Waals surface area contributed by atoms with Crippen LogP contribution < -0.4 is 15.4 Å². The minimum Gasteiger partial charge on any atom is -0.491 e. The van der Waals surface area contributed by atoms with Gasteiger partial charge in [-0.15, -0.1) is 0 Å². The highest BCUT2D eigenvalue weighted by molar-refractivity contribution is 5.56. The SMILES string of the molecule is CCCCNCCNc1ccccc1OCCCC. The second-order valence-electron chi connectivity index (χ2n) is 4.73. The highest BCUT2D eigenvalue weighted by Gasteiger charge is 2.01. The third kappa shape index (κ3) is 7.06. The van der Waals surface area contributed by atoms with Crippen molar-refractivity contribution < 1.29 is 4.74 Å². The Labute approximate surface area is 117 Å². The molecule has 3 nitrogen and oxygen atoms in total. The van der Waals surface area contributed by atoms with Crippen molar-refractivity contribution in [1.82, 2.24) is 5.32 Å². The summed E-state index contributed by atoms with van der Waals surface area (Å²) in [6.07, 6.45) is 4.76. The van der Waals surface area contributed by atoms with Crippen LogP contribution in [-0.4, -0.2) is 26.2 Å². The van der Waals surface area contributed by atoms with Crippen LogP contribution in [-0.2, 0) is 0 Å².